The van der Waals surface area contributed by atoms with Crippen LogP contribution in [0.15, 0.2) is 41.3 Å². The number of benzene rings is 2. The summed E-state index contributed by atoms with van der Waals surface area (Å²) < 4.78 is 52.8. The van der Waals surface area contributed by atoms with Crippen LogP contribution in [0.3, 0.4) is 0 Å². The maximum Gasteiger partial charge on any atom is 0.253 e. The second kappa shape index (κ2) is 18.0. The Balaban J connectivity index is 2.50. The predicted molar refractivity (Wildman–Crippen MR) is 171 cm³/mol. The lowest BCUT2D eigenvalue weighted by Gasteiger charge is -2.30. The molecule has 2 rings (SSSR count). The lowest BCUT2D eigenvalue weighted by atomic mass is 9.99. The Hall–Kier alpha value is -3.46. The Morgan fingerprint density at radius 2 is 1.46 bits per heavy atom. The van der Waals surface area contributed by atoms with Crippen LogP contribution in [0.4, 0.5) is 8.78 Å². The molecule has 0 aliphatic heterocycles. The lowest BCUT2D eigenvalue weighted by Crippen LogP contribution is -2.53. The van der Waals surface area contributed by atoms with Crippen molar-refractivity contribution < 1.29 is 36.7 Å². The molecular formula is C32H47F2N5O6S. The minimum atomic E-state index is -4.34. The minimum Gasteiger partial charge on any atom is -0.390 e. The van der Waals surface area contributed by atoms with E-state index in [-0.39, 0.29) is 47.9 Å². The maximum absolute atomic E-state index is 14.1. The molecule has 2 aromatic rings. The number of hydrogen-bond donors (Lipinski definition) is 4. The molecule has 46 heavy (non-hydrogen) atoms. The van der Waals surface area contributed by atoms with Crippen molar-refractivity contribution in [2.45, 2.75) is 83.8 Å². The van der Waals surface area contributed by atoms with Gasteiger partial charge in [-0.05, 0) is 67.5 Å². The number of carbonyl (C=O) groups is 3. The number of aliphatic hydroxyl groups is 1. The highest BCUT2D eigenvalue weighted by Gasteiger charge is 2.27. The molecule has 0 aliphatic carbocycles. The van der Waals surface area contributed by atoms with Crippen molar-refractivity contribution >= 4 is 27.7 Å². The molecule has 5 N–H and O–H groups in total. The molecule has 0 saturated carbocycles. The van der Waals surface area contributed by atoms with Crippen LogP contribution in [-0.2, 0) is 21.2 Å². The van der Waals surface area contributed by atoms with Gasteiger partial charge in [-0.15, -0.1) is 0 Å². The molecule has 0 bridgehead atoms. The number of amides is 3. The number of nitrogens with zero attached hydrogens (tertiary/aromatic N) is 2. The van der Waals surface area contributed by atoms with Gasteiger partial charge in [0.05, 0.1) is 17.0 Å². The molecule has 256 valence electrons. The van der Waals surface area contributed by atoms with Crippen LogP contribution in [0.1, 0.15) is 86.6 Å². The first-order valence-corrected chi connectivity index (χ1v) is 17.1. The summed E-state index contributed by atoms with van der Waals surface area (Å²) in [6, 6.07) is 5.03. The summed E-state index contributed by atoms with van der Waals surface area (Å²) in [5, 5.41) is 20.9. The molecule has 0 aromatic heterocycles. The Morgan fingerprint density at radius 1 is 0.891 bits per heavy atom. The summed E-state index contributed by atoms with van der Waals surface area (Å²) in [5.41, 5.74) is 2.61. The van der Waals surface area contributed by atoms with E-state index in [1.54, 1.807) is 4.90 Å². The van der Waals surface area contributed by atoms with Gasteiger partial charge in [-0.2, -0.15) is 0 Å². The fraction of sp³-hybridized carbons (Fsp3) is 0.531. The number of nitrogens with two attached hydrogens (primary N) is 1. The van der Waals surface area contributed by atoms with Crippen molar-refractivity contribution in [2.24, 2.45) is 11.1 Å². The Bertz CT molecular complexity index is 1430. The number of primary sulfonamides is 1. The summed E-state index contributed by atoms with van der Waals surface area (Å²) in [6.07, 6.45) is 0.582. The number of carbonyl (C=O) groups excluding carboxylic acids is 3. The SMILES string of the molecule is CCCN(CC(O)C(Cc1cc(F)cc(F)c1)NC(=O)c1cc(C(=O)N(CCC)CCC)cc(S(N)(=O)=O)c1)NC(=O)CC(C)C. The highest BCUT2D eigenvalue weighted by atomic mass is 32.2. The van der Waals surface area contributed by atoms with E-state index < -0.39 is 50.5 Å². The van der Waals surface area contributed by atoms with Crippen LogP contribution in [0.5, 0.6) is 0 Å². The zero-order chi connectivity index (χ0) is 34.6. The molecule has 0 radical (unpaired) electrons. The molecular weight excluding hydrogens is 620 g/mol. The first-order valence-electron chi connectivity index (χ1n) is 15.5. The van der Waals surface area contributed by atoms with Crippen molar-refractivity contribution in [3.63, 3.8) is 0 Å². The summed E-state index contributed by atoms with van der Waals surface area (Å²) in [7, 11) is -4.34. The van der Waals surface area contributed by atoms with Crippen molar-refractivity contribution in [3.8, 4) is 0 Å². The van der Waals surface area contributed by atoms with Gasteiger partial charge < -0.3 is 15.3 Å². The number of hydrogen-bond acceptors (Lipinski definition) is 7. The molecule has 0 fully saturated rings. The third kappa shape index (κ3) is 12.4. The number of halogens is 2. The quantitative estimate of drug-likeness (QED) is 0.177. The van der Waals surface area contributed by atoms with Crippen LogP contribution in [0, 0.1) is 17.6 Å². The summed E-state index contributed by atoms with van der Waals surface area (Å²) in [4.78, 5) is 40.6. The van der Waals surface area contributed by atoms with E-state index in [4.69, 9.17) is 5.14 Å². The molecule has 0 saturated heterocycles. The first-order chi connectivity index (χ1) is 21.6. The Labute approximate surface area is 270 Å². The van der Waals surface area contributed by atoms with Crippen LogP contribution in [0.25, 0.3) is 0 Å². The topological polar surface area (TPSA) is 162 Å². The van der Waals surface area contributed by atoms with Gasteiger partial charge in [0.15, 0.2) is 0 Å². The minimum absolute atomic E-state index is 0.0649. The molecule has 0 heterocycles. The highest BCUT2D eigenvalue weighted by molar-refractivity contribution is 7.89. The fourth-order valence-corrected chi connectivity index (χ4v) is 5.56. The van der Waals surface area contributed by atoms with Gasteiger partial charge in [0.2, 0.25) is 15.9 Å². The van der Waals surface area contributed by atoms with Crippen molar-refractivity contribution in [2.75, 3.05) is 26.2 Å². The number of aliphatic hydroxyl groups excluding tert-OH is 1. The van der Waals surface area contributed by atoms with Gasteiger partial charge in [0.25, 0.3) is 11.8 Å². The number of rotatable bonds is 18. The number of sulfonamides is 1. The summed E-state index contributed by atoms with van der Waals surface area (Å²) >= 11 is 0. The summed E-state index contributed by atoms with van der Waals surface area (Å²) in [6.45, 7) is 10.5. The van der Waals surface area contributed by atoms with E-state index in [1.807, 2.05) is 34.6 Å². The molecule has 14 heteroatoms. The van der Waals surface area contributed by atoms with Gasteiger partial charge >= 0.3 is 0 Å². The third-order valence-corrected chi connectivity index (χ3v) is 7.85. The lowest BCUT2D eigenvalue weighted by molar-refractivity contribution is -0.127. The van der Waals surface area contributed by atoms with E-state index in [0.717, 1.165) is 24.3 Å². The second-order valence-corrected chi connectivity index (χ2v) is 13.4. The van der Waals surface area contributed by atoms with Gasteiger partial charge in [0.1, 0.15) is 11.6 Å². The van der Waals surface area contributed by atoms with Gasteiger partial charge in [-0.25, -0.2) is 27.3 Å². The van der Waals surface area contributed by atoms with E-state index in [9.17, 15) is 36.7 Å². The average Bonchev–Trinajstić information content (AvgIpc) is 2.94. The Kier molecular flexibility index (Phi) is 15.2. The molecule has 2 atom stereocenters. The van der Waals surface area contributed by atoms with Crippen molar-refractivity contribution in [3.05, 3.63) is 64.7 Å². The second-order valence-electron chi connectivity index (χ2n) is 11.8. The largest absolute Gasteiger partial charge is 0.390 e. The molecule has 2 unspecified atom stereocenters. The Morgan fingerprint density at radius 3 is 1.98 bits per heavy atom. The number of hydrazine groups is 1. The zero-order valence-corrected chi connectivity index (χ0v) is 28.0. The maximum atomic E-state index is 14.1. The van der Waals surface area contributed by atoms with E-state index in [2.05, 4.69) is 10.7 Å². The van der Waals surface area contributed by atoms with Crippen LogP contribution >= 0.6 is 0 Å². The van der Waals surface area contributed by atoms with E-state index in [1.165, 1.54) is 11.1 Å². The highest BCUT2D eigenvalue weighted by Crippen LogP contribution is 2.19. The van der Waals surface area contributed by atoms with Crippen molar-refractivity contribution in [1.29, 1.82) is 0 Å². The molecule has 0 spiro atoms. The van der Waals surface area contributed by atoms with Crippen LogP contribution < -0.4 is 15.9 Å². The molecule has 11 nitrogen and oxygen atoms in total. The molecule has 3 amide bonds. The normalized spacial score (nSPS) is 13.0. The van der Waals surface area contributed by atoms with Crippen LogP contribution in [-0.4, -0.2) is 79.5 Å². The number of nitrogens with one attached hydrogen (secondary N) is 2. The van der Waals surface area contributed by atoms with Crippen LogP contribution in [0.2, 0.25) is 0 Å². The predicted octanol–water partition coefficient (Wildman–Crippen LogP) is 3.37. The zero-order valence-electron chi connectivity index (χ0n) is 27.2. The first kappa shape index (κ1) is 38.7. The van der Waals surface area contributed by atoms with Gasteiger partial charge in [0, 0.05) is 49.8 Å². The fourth-order valence-electron chi connectivity index (χ4n) is 4.98. The average molecular weight is 668 g/mol. The van der Waals surface area contributed by atoms with E-state index in [0.29, 0.717) is 45.0 Å². The van der Waals surface area contributed by atoms with Gasteiger partial charge in [-0.3, -0.25) is 19.8 Å². The standard InChI is InChI=1S/C32H47F2N5O6S/c1-6-9-38(10-7-2)32(43)24-16-23(17-27(18-24)46(35,44)45)31(42)36-28(15-22-13-25(33)19-26(34)14-22)29(40)20-39(11-8-3)37-30(41)12-21(4)5/h13-14,16-19,21,28-29,40H,6-12,15,20H2,1-5H3,(H,36,42)(H,37,41)(H2,35,44,45). The van der Waals surface area contributed by atoms with Crippen molar-refractivity contribution in [1.82, 2.24) is 20.7 Å². The summed E-state index contributed by atoms with van der Waals surface area (Å²) in [5.74, 6) is -3.22. The molecule has 2 aromatic carbocycles. The third-order valence-electron chi connectivity index (χ3n) is 6.95. The monoisotopic (exact) mass is 667 g/mol. The smallest absolute Gasteiger partial charge is 0.253 e. The molecule has 0 aliphatic rings. The van der Waals surface area contributed by atoms with E-state index >= 15 is 0 Å². The van der Waals surface area contributed by atoms with Gasteiger partial charge in [-0.1, -0.05) is 34.6 Å².